The highest BCUT2D eigenvalue weighted by atomic mass is 35.5. The van der Waals surface area contributed by atoms with E-state index in [9.17, 15) is 40.7 Å². The molecular weight excluding hydrogens is 594 g/mol. The van der Waals surface area contributed by atoms with Crippen molar-refractivity contribution in [3.8, 4) is 0 Å². The zero-order valence-electron chi connectivity index (χ0n) is 22.8. The Hall–Kier alpha value is -3.36. The highest BCUT2D eigenvalue weighted by molar-refractivity contribution is 6.30. The van der Waals surface area contributed by atoms with E-state index in [-0.39, 0.29) is 49.2 Å². The smallest absolute Gasteiger partial charge is 0.380 e. The normalized spacial score (nSPS) is 17.1. The number of hydrogen-bond acceptors (Lipinski definition) is 5. The predicted molar refractivity (Wildman–Crippen MR) is 142 cm³/mol. The van der Waals surface area contributed by atoms with Crippen LogP contribution < -0.4 is 5.73 Å². The van der Waals surface area contributed by atoms with Crippen molar-refractivity contribution in [2.24, 2.45) is 5.73 Å². The van der Waals surface area contributed by atoms with Gasteiger partial charge in [0, 0.05) is 31.6 Å². The van der Waals surface area contributed by atoms with Gasteiger partial charge in [-0.2, -0.15) is 26.3 Å². The molecule has 2 aromatic carbocycles. The minimum Gasteiger partial charge on any atom is -0.380 e. The second kappa shape index (κ2) is 15.2. The van der Waals surface area contributed by atoms with Crippen molar-refractivity contribution in [2.45, 2.75) is 45.0 Å². The zero-order valence-corrected chi connectivity index (χ0v) is 23.6. The van der Waals surface area contributed by atoms with Gasteiger partial charge in [0.05, 0.1) is 24.3 Å². The minimum atomic E-state index is -4.82. The van der Waals surface area contributed by atoms with Crippen LogP contribution in [0.1, 0.15) is 35.6 Å². The number of fused-ring (bicyclic) bond motifs is 1. The molecule has 2 aliphatic rings. The molecule has 2 aromatic rings. The molecule has 0 aliphatic carbocycles. The maximum Gasteiger partial charge on any atom is 0.416 e. The molecule has 2 aliphatic heterocycles. The summed E-state index contributed by atoms with van der Waals surface area (Å²) in [6.45, 7) is 3.56. The third-order valence-electron chi connectivity index (χ3n) is 6.07. The van der Waals surface area contributed by atoms with Crippen LogP contribution in [0.25, 0.3) is 0 Å². The number of methoxy groups -OCH3 is 1. The van der Waals surface area contributed by atoms with Crippen LogP contribution >= 0.6 is 11.6 Å². The van der Waals surface area contributed by atoms with Crippen molar-refractivity contribution in [1.82, 2.24) is 14.7 Å². The van der Waals surface area contributed by atoms with E-state index in [0.717, 1.165) is 18.5 Å². The average molecular weight is 625 g/mol. The first-order valence-corrected chi connectivity index (χ1v) is 13.0. The first kappa shape index (κ1) is 34.8. The number of nitrogens with zero attached hydrogens (tertiary/aromatic N) is 3. The molecule has 1 unspecified atom stereocenters. The Balaban J connectivity index is 0.000000277. The zero-order chi connectivity index (χ0) is 31.7. The van der Waals surface area contributed by atoms with Gasteiger partial charge >= 0.3 is 12.4 Å². The molecular formula is C27H31ClF6N4O4. The van der Waals surface area contributed by atoms with Crippen molar-refractivity contribution < 1.29 is 45.5 Å². The van der Waals surface area contributed by atoms with E-state index in [1.165, 1.54) is 12.0 Å². The molecule has 2 saturated heterocycles. The summed E-state index contributed by atoms with van der Waals surface area (Å²) in [6, 6.07) is 8.65. The van der Waals surface area contributed by atoms with Crippen LogP contribution in [-0.2, 0) is 44.6 Å². The largest absolute Gasteiger partial charge is 0.416 e. The molecule has 2 heterocycles. The van der Waals surface area contributed by atoms with E-state index >= 15 is 0 Å². The molecule has 3 amide bonds. The number of benzene rings is 2. The maximum atomic E-state index is 12.4. The molecule has 2 fully saturated rings. The number of nitrogens with two attached hydrogens (primary N) is 1. The van der Waals surface area contributed by atoms with Crippen molar-refractivity contribution in [3.05, 3.63) is 69.7 Å². The highest BCUT2D eigenvalue weighted by Crippen LogP contribution is 2.36. The van der Waals surface area contributed by atoms with Crippen LogP contribution in [0.5, 0.6) is 0 Å². The third kappa shape index (κ3) is 9.88. The van der Waals surface area contributed by atoms with Gasteiger partial charge in [0.15, 0.2) is 0 Å². The third-order valence-corrected chi connectivity index (χ3v) is 6.32. The molecule has 0 saturated carbocycles. The summed E-state index contributed by atoms with van der Waals surface area (Å²) in [4.78, 5) is 40.1. The summed E-state index contributed by atoms with van der Waals surface area (Å²) in [5, 5.41) is 0.643. The predicted octanol–water partition coefficient (Wildman–Crippen LogP) is 4.53. The first-order valence-electron chi connectivity index (χ1n) is 12.6. The Morgan fingerprint density at radius 3 is 2.00 bits per heavy atom. The van der Waals surface area contributed by atoms with Crippen LogP contribution in [0.3, 0.4) is 0 Å². The lowest BCUT2D eigenvalue weighted by atomic mass is 10.1. The quantitative estimate of drug-likeness (QED) is 0.390. The van der Waals surface area contributed by atoms with Crippen molar-refractivity contribution in [2.75, 3.05) is 33.3 Å². The number of rotatable bonds is 5. The Kier molecular flexibility index (Phi) is 12.6. The fraction of sp³-hybridized carbons (Fsp3) is 0.444. The lowest BCUT2D eigenvalue weighted by Crippen LogP contribution is -2.66. The summed E-state index contributed by atoms with van der Waals surface area (Å²) in [6.07, 6.45) is -8.96. The summed E-state index contributed by atoms with van der Waals surface area (Å²) < 4.78 is 78.7. The minimum absolute atomic E-state index is 0.0292. The van der Waals surface area contributed by atoms with Gasteiger partial charge in [-0.3, -0.25) is 14.4 Å². The average Bonchev–Trinajstić information content (AvgIpc) is 2.91. The number of amides is 3. The van der Waals surface area contributed by atoms with Gasteiger partial charge in [-0.1, -0.05) is 30.7 Å². The fourth-order valence-electron chi connectivity index (χ4n) is 4.16. The number of carbonyl (C=O) groups excluding carboxylic acids is 3. The van der Waals surface area contributed by atoms with E-state index in [2.05, 4.69) is 4.74 Å². The molecule has 2 N–H and O–H groups in total. The number of carbonyl (C=O) groups is 3. The van der Waals surface area contributed by atoms with Gasteiger partial charge in [-0.25, -0.2) is 0 Å². The van der Waals surface area contributed by atoms with Crippen LogP contribution in [0.2, 0.25) is 5.02 Å². The molecule has 42 heavy (non-hydrogen) atoms. The first-order chi connectivity index (χ1) is 19.6. The van der Waals surface area contributed by atoms with Gasteiger partial charge in [-0.15, -0.1) is 0 Å². The Labute approximate surface area is 243 Å². The monoisotopic (exact) mass is 624 g/mol. The Morgan fingerprint density at radius 2 is 1.52 bits per heavy atom. The van der Waals surface area contributed by atoms with Gasteiger partial charge in [0.1, 0.15) is 12.7 Å². The lowest BCUT2D eigenvalue weighted by Gasteiger charge is -2.47. The summed E-state index contributed by atoms with van der Waals surface area (Å²) in [5.41, 5.74) is 2.97. The molecule has 0 aromatic heterocycles. The Bertz CT molecular complexity index is 1180. The van der Waals surface area contributed by atoms with Gasteiger partial charge in [-0.05, 0) is 48.0 Å². The summed E-state index contributed by atoms with van der Waals surface area (Å²) in [7, 11) is 1.19. The van der Waals surface area contributed by atoms with E-state index in [0.29, 0.717) is 36.8 Å². The van der Waals surface area contributed by atoms with E-state index in [4.69, 9.17) is 17.3 Å². The number of ether oxygens (including phenoxy) is 1. The Morgan fingerprint density at radius 1 is 0.976 bits per heavy atom. The molecule has 15 heteroatoms. The maximum absolute atomic E-state index is 12.4. The number of halogens is 7. The van der Waals surface area contributed by atoms with Gasteiger partial charge < -0.3 is 25.2 Å². The summed E-state index contributed by atoms with van der Waals surface area (Å²) >= 11 is 5.86. The molecule has 0 spiro atoms. The second-order valence-electron chi connectivity index (χ2n) is 9.25. The van der Waals surface area contributed by atoms with Crippen LogP contribution in [0.4, 0.5) is 26.3 Å². The highest BCUT2D eigenvalue weighted by Gasteiger charge is 2.41. The van der Waals surface area contributed by atoms with Crippen LogP contribution in [0, 0.1) is 0 Å². The van der Waals surface area contributed by atoms with E-state index < -0.39 is 23.5 Å². The molecule has 232 valence electrons. The van der Waals surface area contributed by atoms with Crippen molar-refractivity contribution >= 4 is 29.8 Å². The van der Waals surface area contributed by atoms with Crippen molar-refractivity contribution in [3.63, 3.8) is 0 Å². The molecule has 8 nitrogen and oxygen atoms in total. The molecule has 1 atom stereocenters. The number of hydrogen-bond donors (Lipinski definition) is 1. The number of piperazine rings is 1. The van der Waals surface area contributed by atoms with Gasteiger partial charge in [0.2, 0.25) is 18.2 Å². The lowest BCUT2D eigenvalue weighted by molar-refractivity contribution is -0.163. The van der Waals surface area contributed by atoms with Gasteiger partial charge in [0.25, 0.3) is 0 Å². The fourth-order valence-corrected chi connectivity index (χ4v) is 4.29. The topological polar surface area (TPSA) is 96.2 Å². The second-order valence-corrected chi connectivity index (χ2v) is 9.69. The molecule has 0 bridgehead atoms. The van der Waals surface area contributed by atoms with E-state index in [1.54, 1.807) is 21.9 Å². The summed E-state index contributed by atoms with van der Waals surface area (Å²) in [5.74, 6) is -0.171. The standard InChI is InChI=1S/C15H16ClN3O3.C10H8F6O.C2H7N/c16-12-3-1-11(2-4-12)7-18-8-13-17(10-20)6-5-14(21)19(13)9-15(18)22;1-17-5-6-2-7(9(11,12)13)4-8(3-6)10(14,15)16;1-2-3/h1-4,10,13H,5-9H2;2-4H,5H2,1H3;2-3H2,1H3. The number of alkyl halides is 6. The van der Waals surface area contributed by atoms with E-state index in [1.807, 2.05) is 19.1 Å². The van der Waals surface area contributed by atoms with Crippen LogP contribution in [-0.4, -0.2) is 72.4 Å². The molecule has 4 rings (SSSR count). The SMILES string of the molecule is CCN.COCc1cc(C(F)(F)F)cc(C(F)(F)F)c1.O=CN1CCC(=O)N2CC(=O)N(Cc3ccc(Cl)cc3)CC12. The van der Waals surface area contributed by atoms with Crippen molar-refractivity contribution in [1.29, 1.82) is 0 Å². The molecule has 0 radical (unpaired) electrons. The van der Waals surface area contributed by atoms with Crippen LogP contribution in [0.15, 0.2) is 42.5 Å².